The SMILES string of the molecule is CCC(NC1CCC(N)CC1)c1cccc(F)c1. The zero-order chi connectivity index (χ0) is 13.0. The summed E-state index contributed by atoms with van der Waals surface area (Å²) in [5, 5.41) is 3.65. The van der Waals surface area contributed by atoms with Gasteiger partial charge in [0, 0.05) is 18.1 Å². The lowest BCUT2D eigenvalue weighted by atomic mass is 9.90. The number of halogens is 1. The van der Waals surface area contributed by atoms with Crippen LogP contribution in [0.25, 0.3) is 0 Å². The Balaban J connectivity index is 1.97. The van der Waals surface area contributed by atoms with E-state index in [-0.39, 0.29) is 11.9 Å². The smallest absolute Gasteiger partial charge is 0.123 e. The molecule has 1 atom stereocenters. The number of benzene rings is 1. The Kier molecular flexibility index (Phi) is 4.72. The van der Waals surface area contributed by atoms with Crippen LogP contribution in [0.15, 0.2) is 24.3 Å². The molecule has 100 valence electrons. The second-order valence-electron chi connectivity index (χ2n) is 5.29. The first-order valence-electron chi connectivity index (χ1n) is 6.96. The van der Waals surface area contributed by atoms with Crippen molar-refractivity contribution in [2.75, 3.05) is 0 Å². The fourth-order valence-electron chi connectivity index (χ4n) is 2.74. The van der Waals surface area contributed by atoms with Crippen LogP contribution in [-0.2, 0) is 0 Å². The van der Waals surface area contributed by atoms with Crippen molar-refractivity contribution >= 4 is 0 Å². The maximum Gasteiger partial charge on any atom is 0.123 e. The summed E-state index contributed by atoms with van der Waals surface area (Å²) in [6, 6.07) is 8.06. The highest BCUT2D eigenvalue weighted by Gasteiger charge is 2.21. The van der Waals surface area contributed by atoms with E-state index in [2.05, 4.69) is 12.2 Å². The van der Waals surface area contributed by atoms with Gasteiger partial charge >= 0.3 is 0 Å². The van der Waals surface area contributed by atoms with Crippen molar-refractivity contribution < 1.29 is 4.39 Å². The Morgan fingerprint density at radius 2 is 2.06 bits per heavy atom. The van der Waals surface area contributed by atoms with Gasteiger partial charge in [-0.3, -0.25) is 0 Å². The van der Waals surface area contributed by atoms with Crippen LogP contribution in [0.3, 0.4) is 0 Å². The Hall–Kier alpha value is -0.930. The summed E-state index contributed by atoms with van der Waals surface area (Å²) < 4.78 is 13.2. The standard InChI is InChI=1S/C15H23FN2/c1-2-15(11-4-3-5-12(16)10-11)18-14-8-6-13(17)7-9-14/h3-5,10,13-15,18H,2,6-9,17H2,1H3. The molecular weight excluding hydrogens is 227 g/mol. The zero-order valence-corrected chi connectivity index (χ0v) is 11.0. The van der Waals surface area contributed by atoms with E-state index >= 15 is 0 Å². The monoisotopic (exact) mass is 250 g/mol. The Labute approximate surface area is 109 Å². The third kappa shape index (κ3) is 3.53. The van der Waals surface area contributed by atoms with Crippen LogP contribution in [0.2, 0.25) is 0 Å². The molecule has 1 aliphatic rings. The molecule has 3 heteroatoms. The lowest BCUT2D eigenvalue weighted by Gasteiger charge is -2.30. The summed E-state index contributed by atoms with van der Waals surface area (Å²) in [7, 11) is 0. The third-order valence-electron chi connectivity index (χ3n) is 3.87. The quantitative estimate of drug-likeness (QED) is 0.861. The molecule has 3 N–H and O–H groups in total. The summed E-state index contributed by atoms with van der Waals surface area (Å²) in [5.74, 6) is -0.154. The molecule has 1 aromatic rings. The summed E-state index contributed by atoms with van der Waals surface area (Å²) in [4.78, 5) is 0. The molecule has 0 radical (unpaired) electrons. The van der Waals surface area contributed by atoms with Crippen LogP contribution in [0, 0.1) is 5.82 Å². The molecule has 1 aromatic carbocycles. The van der Waals surface area contributed by atoms with E-state index < -0.39 is 0 Å². The third-order valence-corrected chi connectivity index (χ3v) is 3.87. The summed E-state index contributed by atoms with van der Waals surface area (Å²) in [6.07, 6.45) is 5.43. The van der Waals surface area contributed by atoms with Crippen LogP contribution in [0.5, 0.6) is 0 Å². The van der Waals surface area contributed by atoms with Crippen LogP contribution < -0.4 is 11.1 Å². The average Bonchev–Trinajstić information content (AvgIpc) is 2.38. The number of hydrogen-bond donors (Lipinski definition) is 2. The molecule has 1 aliphatic carbocycles. The molecule has 0 saturated heterocycles. The van der Waals surface area contributed by atoms with Gasteiger partial charge in [-0.25, -0.2) is 4.39 Å². The first-order valence-corrected chi connectivity index (χ1v) is 6.96. The van der Waals surface area contributed by atoms with Crippen LogP contribution >= 0.6 is 0 Å². The minimum Gasteiger partial charge on any atom is -0.328 e. The van der Waals surface area contributed by atoms with Gasteiger partial charge < -0.3 is 11.1 Å². The number of hydrogen-bond acceptors (Lipinski definition) is 2. The van der Waals surface area contributed by atoms with E-state index in [1.54, 1.807) is 12.1 Å². The maximum absolute atomic E-state index is 13.2. The molecule has 0 heterocycles. The maximum atomic E-state index is 13.2. The second-order valence-corrected chi connectivity index (χ2v) is 5.29. The highest BCUT2D eigenvalue weighted by atomic mass is 19.1. The molecule has 0 amide bonds. The molecular formula is C15H23FN2. The Morgan fingerprint density at radius 3 is 2.67 bits per heavy atom. The molecule has 2 rings (SSSR count). The van der Waals surface area contributed by atoms with E-state index in [4.69, 9.17) is 5.73 Å². The van der Waals surface area contributed by atoms with E-state index in [0.29, 0.717) is 12.1 Å². The topological polar surface area (TPSA) is 38.0 Å². The van der Waals surface area contributed by atoms with Gasteiger partial charge in [-0.1, -0.05) is 19.1 Å². The van der Waals surface area contributed by atoms with Crippen LogP contribution in [-0.4, -0.2) is 12.1 Å². The van der Waals surface area contributed by atoms with Gasteiger partial charge in [-0.05, 0) is 49.8 Å². The van der Waals surface area contributed by atoms with E-state index in [1.807, 2.05) is 6.07 Å². The summed E-state index contributed by atoms with van der Waals surface area (Å²) in [6.45, 7) is 2.14. The molecule has 1 saturated carbocycles. The first-order chi connectivity index (χ1) is 8.69. The number of nitrogens with one attached hydrogen (secondary N) is 1. The van der Waals surface area contributed by atoms with Crippen molar-refractivity contribution in [3.05, 3.63) is 35.6 Å². The lowest BCUT2D eigenvalue weighted by Crippen LogP contribution is -2.39. The van der Waals surface area contributed by atoms with E-state index in [0.717, 1.165) is 37.7 Å². The molecule has 18 heavy (non-hydrogen) atoms. The fourth-order valence-corrected chi connectivity index (χ4v) is 2.74. The van der Waals surface area contributed by atoms with Gasteiger partial charge in [0.1, 0.15) is 5.82 Å². The van der Waals surface area contributed by atoms with Crippen molar-refractivity contribution in [2.24, 2.45) is 5.73 Å². The van der Waals surface area contributed by atoms with E-state index in [1.165, 1.54) is 6.07 Å². The predicted octanol–water partition coefficient (Wildman–Crippen LogP) is 3.14. The van der Waals surface area contributed by atoms with Gasteiger partial charge in [-0.2, -0.15) is 0 Å². The molecule has 0 aromatic heterocycles. The van der Waals surface area contributed by atoms with Gasteiger partial charge in [0.25, 0.3) is 0 Å². The van der Waals surface area contributed by atoms with Gasteiger partial charge in [0.2, 0.25) is 0 Å². The van der Waals surface area contributed by atoms with Crippen molar-refractivity contribution in [1.29, 1.82) is 0 Å². The zero-order valence-electron chi connectivity index (χ0n) is 11.0. The highest BCUT2D eigenvalue weighted by Crippen LogP contribution is 2.23. The van der Waals surface area contributed by atoms with Crippen molar-refractivity contribution in [3.63, 3.8) is 0 Å². The first kappa shape index (κ1) is 13.5. The van der Waals surface area contributed by atoms with Gasteiger partial charge in [-0.15, -0.1) is 0 Å². The van der Waals surface area contributed by atoms with Gasteiger partial charge in [0.15, 0.2) is 0 Å². The normalized spacial score (nSPS) is 25.9. The van der Waals surface area contributed by atoms with E-state index in [9.17, 15) is 4.39 Å². The Bertz CT molecular complexity index is 373. The molecule has 1 unspecified atom stereocenters. The largest absolute Gasteiger partial charge is 0.328 e. The van der Waals surface area contributed by atoms with Crippen molar-refractivity contribution in [3.8, 4) is 0 Å². The van der Waals surface area contributed by atoms with Crippen molar-refractivity contribution in [2.45, 2.75) is 57.2 Å². The summed E-state index contributed by atoms with van der Waals surface area (Å²) in [5.41, 5.74) is 6.96. The average molecular weight is 250 g/mol. The Morgan fingerprint density at radius 1 is 1.33 bits per heavy atom. The second kappa shape index (κ2) is 6.30. The fraction of sp³-hybridized carbons (Fsp3) is 0.600. The minimum atomic E-state index is -0.154. The molecule has 0 spiro atoms. The predicted molar refractivity (Wildman–Crippen MR) is 72.8 cm³/mol. The van der Waals surface area contributed by atoms with Crippen LogP contribution in [0.4, 0.5) is 4.39 Å². The lowest BCUT2D eigenvalue weighted by molar-refractivity contribution is 0.312. The molecule has 2 nitrogen and oxygen atoms in total. The molecule has 0 aliphatic heterocycles. The van der Waals surface area contributed by atoms with Gasteiger partial charge in [0.05, 0.1) is 0 Å². The number of rotatable bonds is 4. The highest BCUT2D eigenvalue weighted by molar-refractivity contribution is 5.20. The minimum absolute atomic E-state index is 0.154. The number of nitrogens with two attached hydrogens (primary N) is 1. The molecule has 1 fully saturated rings. The van der Waals surface area contributed by atoms with Crippen molar-refractivity contribution in [1.82, 2.24) is 5.32 Å². The van der Waals surface area contributed by atoms with Crippen LogP contribution in [0.1, 0.15) is 50.6 Å². The summed E-state index contributed by atoms with van der Waals surface area (Å²) >= 11 is 0. The molecule has 0 bridgehead atoms.